The number of likely N-dealkylation sites (tertiary alicyclic amines) is 2. The van der Waals surface area contributed by atoms with Gasteiger partial charge in [0.25, 0.3) is 0 Å². The van der Waals surface area contributed by atoms with Crippen molar-refractivity contribution in [3.8, 4) is 0 Å². The largest absolute Gasteiger partial charge is 0.375 e. The summed E-state index contributed by atoms with van der Waals surface area (Å²) in [6.45, 7) is 2.01. The van der Waals surface area contributed by atoms with Crippen LogP contribution >= 0.6 is 11.3 Å². The highest BCUT2D eigenvalue weighted by Crippen LogP contribution is 2.64. The number of rotatable bonds is 4. The first-order valence-corrected chi connectivity index (χ1v) is 13.9. The lowest BCUT2D eigenvalue weighted by Gasteiger charge is -2.48. The predicted octanol–water partition coefficient (Wildman–Crippen LogP) is 3.17. The maximum absolute atomic E-state index is 13.6. The number of aromatic nitrogens is 4. The molecule has 2 saturated heterocycles. The van der Waals surface area contributed by atoms with E-state index in [0.29, 0.717) is 23.4 Å². The number of thiophene rings is 1. The number of piperidine rings is 1. The fourth-order valence-electron chi connectivity index (χ4n) is 7.25. The van der Waals surface area contributed by atoms with Crippen molar-refractivity contribution >= 4 is 50.2 Å². The molecular formula is C27H30N8OS. The van der Waals surface area contributed by atoms with E-state index in [-0.39, 0.29) is 5.92 Å². The summed E-state index contributed by atoms with van der Waals surface area (Å²) >= 11 is 1.73. The number of carbonyl (C=O) groups excluding carboxylic acids is 1. The van der Waals surface area contributed by atoms with Crippen molar-refractivity contribution in [2.24, 2.45) is 11.3 Å². The Labute approximate surface area is 219 Å². The highest BCUT2D eigenvalue weighted by atomic mass is 32.1. The maximum Gasteiger partial charge on any atom is 0.226 e. The number of carbonyl (C=O) groups is 1. The molecule has 6 heterocycles. The number of fused-ring (bicyclic) bond motifs is 4. The van der Waals surface area contributed by atoms with Gasteiger partial charge in [-0.3, -0.25) is 4.79 Å². The van der Waals surface area contributed by atoms with Gasteiger partial charge in [-0.05, 0) is 50.4 Å². The van der Waals surface area contributed by atoms with Gasteiger partial charge in [0.15, 0.2) is 0 Å². The third kappa shape index (κ3) is 2.99. The van der Waals surface area contributed by atoms with Crippen molar-refractivity contribution < 1.29 is 4.79 Å². The van der Waals surface area contributed by atoms with Crippen LogP contribution in [0.1, 0.15) is 23.3 Å². The number of anilines is 3. The number of hydrogen-bond acceptors (Lipinski definition) is 8. The topological polar surface area (TPSA) is 81.9 Å². The third-order valence-corrected chi connectivity index (χ3v) is 10.5. The molecule has 1 N–H and O–H groups in total. The molecule has 8 rings (SSSR count). The molecule has 37 heavy (non-hydrogen) atoms. The summed E-state index contributed by atoms with van der Waals surface area (Å²) < 4.78 is 1.88. The van der Waals surface area contributed by atoms with E-state index in [1.54, 1.807) is 17.7 Å². The van der Waals surface area contributed by atoms with Crippen molar-refractivity contribution in [3.63, 3.8) is 0 Å². The summed E-state index contributed by atoms with van der Waals surface area (Å²) in [5, 5.41) is 9.11. The number of hydrogen-bond donors (Lipinski definition) is 1. The molecule has 3 unspecified atom stereocenters. The Kier molecular flexibility index (Phi) is 4.37. The van der Waals surface area contributed by atoms with E-state index in [2.05, 4.69) is 48.2 Å². The Bertz CT molecular complexity index is 1590. The molecule has 0 aromatic carbocycles. The van der Waals surface area contributed by atoms with Crippen LogP contribution in [0, 0.1) is 11.3 Å². The summed E-state index contributed by atoms with van der Waals surface area (Å²) in [6, 6.07) is 5.26. The van der Waals surface area contributed by atoms with Crippen LogP contribution in [0.25, 0.3) is 15.7 Å². The van der Waals surface area contributed by atoms with Crippen LogP contribution in [0.5, 0.6) is 0 Å². The Morgan fingerprint density at radius 1 is 1.27 bits per heavy atom. The van der Waals surface area contributed by atoms with Crippen LogP contribution in [-0.4, -0.2) is 81.6 Å². The second-order valence-corrected chi connectivity index (χ2v) is 12.6. The van der Waals surface area contributed by atoms with Crippen molar-refractivity contribution in [2.75, 3.05) is 44.4 Å². The van der Waals surface area contributed by atoms with Gasteiger partial charge >= 0.3 is 0 Å². The molecule has 0 radical (unpaired) electrons. The summed E-state index contributed by atoms with van der Waals surface area (Å²) in [4.78, 5) is 31.9. The number of aryl methyl sites for hydroxylation is 1. The molecule has 2 aliphatic carbocycles. The minimum atomic E-state index is 0.0787. The zero-order chi connectivity index (χ0) is 25.1. The second-order valence-electron chi connectivity index (χ2n) is 11.5. The molecule has 4 atom stereocenters. The number of amides is 1. The first-order valence-electron chi connectivity index (χ1n) is 13.1. The molecular weight excluding hydrogens is 484 g/mol. The molecule has 190 valence electrons. The summed E-state index contributed by atoms with van der Waals surface area (Å²) in [6.07, 6.45) is 9.36. The van der Waals surface area contributed by atoms with Gasteiger partial charge in [-0.1, -0.05) is 0 Å². The smallest absolute Gasteiger partial charge is 0.226 e. The average Bonchev–Trinajstić information content (AvgIpc) is 3.19. The highest BCUT2D eigenvalue weighted by Gasteiger charge is 2.74. The van der Waals surface area contributed by atoms with Gasteiger partial charge < -0.3 is 20.0 Å². The number of pyridine rings is 1. The van der Waals surface area contributed by atoms with Crippen LogP contribution in [0.15, 0.2) is 30.9 Å². The van der Waals surface area contributed by atoms with E-state index in [1.165, 1.54) is 16.9 Å². The van der Waals surface area contributed by atoms with E-state index >= 15 is 0 Å². The summed E-state index contributed by atoms with van der Waals surface area (Å²) in [5.41, 5.74) is 4.77. The Balaban J connectivity index is 1.09. The Morgan fingerprint density at radius 2 is 2.16 bits per heavy atom. The molecule has 9 nitrogen and oxygen atoms in total. The van der Waals surface area contributed by atoms with E-state index in [0.717, 1.165) is 65.3 Å². The summed E-state index contributed by atoms with van der Waals surface area (Å²) in [7, 11) is 6.27. The third-order valence-electron chi connectivity index (χ3n) is 9.30. The van der Waals surface area contributed by atoms with Crippen LogP contribution in [-0.2, 0) is 17.6 Å². The second kappa shape index (κ2) is 7.41. The zero-order valence-corrected chi connectivity index (χ0v) is 22.1. The normalized spacial score (nSPS) is 28.1. The molecule has 1 amide bonds. The van der Waals surface area contributed by atoms with Gasteiger partial charge in [-0.25, -0.2) is 14.5 Å². The quantitative estimate of drug-likeness (QED) is 0.448. The fraction of sp³-hybridized carbons (Fsp3) is 0.481. The first kappa shape index (κ1) is 21.8. The molecule has 4 aromatic rings. The lowest BCUT2D eigenvalue weighted by molar-refractivity contribution is -0.149. The monoisotopic (exact) mass is 514 g/mol. The van der Waals surface area contributed by atoms with E-state index < -0.39 is 0 Å². The van der Waals surface area contributed by atoms with Crippen molar-refractivity contribution in [1.29, 1.82) is 0 Å². The van der Waals surface area contributed by atoms with Crippen LogP contribution < -0.4 is 10.2 Å². The van der Waals surface area contributed by atoms with Gasteiger partial charge in [0, 0.05) is 55.6 Å². The Hall–Kier alpha value is -3.24. The summed E-state index contributed by atoms with van der Waals surface area (Å²) in [5.74, 6) is 1.28. The van der Waals surface area contributed by atoms with Crippen molar-refractivity contribution in [2.45, 2.75) is 37.8 Å². The molecule has 4 aliphatic rings. The highest BCUT2D eigenvalue weighted by molar-refractivity contribution is 7.19. The minimum absolute atomic E-state index is 0.0787. The molecule has 0 bridgehead atoms. The van der Waals surface area contributed by atoms with Crippen LogP contribution in [0.3, 0.4) is 0 Å². The predicted molar refractivity (Wildman–Crippen MR) is 145 cm³/mol. The van der Waals surface area contributed by atoms with Gasteiger partial charge in [0.05, 0.1) is 34.5 Å². The maximum atomic E-state index is 13.6. The lowest BCUT2D eigenvalue weighted by Crippen LogP contribution is -2.62. The number of likely N-dealkylation sites (N-methyl/N-ethyl adjacent to an activating group) is 1. The van der Waals surface area contributed by atoms with E-state index in [9.17, 15) is 4.79 Å². The van der Waals surface area contributed by atoms with Gasteiger partial charge in [0.2, 0.25) is 5.91 Å². The molecule has 1 spiro atoms. The Morgan fingerprint density at radius 3 is 2.97 bits per heavy atom. The first-order chi connectivity index (χ1) is 17.9. The fourth-order valence-corrected chi connectivity index (χ4v) is 8.52. The number of nitrogens with zero attached hydrogens (tertiary/aromatic N) is 7. The average molecular weight is 515 g/mol. The van der Waals surface area contributed by atoms with Gasteiger partial charge in [0.1, 0.15) is 17.0 Å². The van der Waals surface area contributed by atoms with Crippen LogP contribution in [0.4, 0.5) is 17.2 Å². The molecule has 2 aliphatic heterocycles. The molecule has 3 fully saturated rings. The zero-order valence-electron chi connectivity index (χ0n) is 21.3. The standard InChI is InChI=1S/C27H30N8OS/c1-32(2)19-11-35-16(6-7-30-35)9-18(19)31-24-23-17-5-4-15(8-20(17)37-25(23)29-14-28-24)26(36)34-13-27-10-21(27)33(3)12-22(27)34/h6-7,9,11,14-15,21-22H,4-5,8,10,12-13H2,1-3H3,(H,28,29,31)/t15-,21?,22?,27?/m0/s1. The molecule has 4 aromatic heterocycles. The van der Waals surface area contributed by atoms with Gasteiger partial charge in [-0.15, -0.1) is 11.3 Å². The van der Waals surface area contributed by atoms with Gasteiger partial charge in [-0.2, -0.15) is 5.10 Å². The van der Waals surface area contributed by atoms with Crippen molar-refractivity contribution in [3.05, 3.63) is 41.3 Å². The SMILES string of the molecule is CN(C)c1cn2nccc2cc1Nc1ncnc2sc3c(c12)CC[C@H](C(=O)N1CC24CC2N(C)CC14)C3. The molecule has 1 saturated carbocycles. The molecule has 10 heteroatoms. The van der Waals surface area contributed by atoms with Crippen LogP contribution in [0.2, 0.25) is 0 Å². The minimum Gasteiger partial charge on any atom is -0.375 e. The van der Waals surface area contributed by atoms with Crippen molar-refractivity contribution in [1.82, 2.24) is 29.4 Å². The lowest BCUT2D eigenvalue weighted by atomic mass is 9.81. The van der Waals surface area contributed by atoms with E-state index in [4.69, 9.17) is 0 Å². The van der Waals surface area contributed by atoms with E-state index in [1.807, 2.05) is 37.1 Å². The number of nitrogens with one attached hydrogen (secondary N) is 1.